The van der Waals surface area contributed by atoms with Crippen LogP contribution in [0.2, 0.25) is 0 Å². The molecule has 1 unspecified atom stereocenters. The Morgan fingerprint density at radius 1 is 0.333 bits per heavy atom. The van der Waals surface area contributed by atoms with Gasteiger partial charge < -0.3 is 32.6 Å². The van der Waals surface area contributed by atoms with E-state index in [9.17, 15) is 0 Å². The van der Waals surface area contributed by atoms with Gasteiger partial charge in [0.2, 0.25) is 0 Å². The van der Waals surface area contributed by atoms with Gasteiger partial charge in [0.25, 0.3) is 0 Å². The Bertz CT molecular complexity index is 5690. The molecular formula is C95H75N5O2. The number of rotatable bonds is 12. The molecule has 4 aromatic heterocycles. The molecule has 6 heterocycles. The van der Waals surface area contributed by atoms with Crippen molar-refractivity contribution in [2.75, 3.05) is 24.7 Å². The number of nitrogens with zero attached hydrogens (tertiary/aromatic N) is 5. The van der Waals surface area contributed by atoms with Crippen LogP contribution in [0, 0.1) is 5.41 Å². The van der Waals surface area contributed by atoms with Crippen molar-refractivity contribution in [1.82, 2.24) is 18.3 Å². The van der Waals surface area contributed by atoms with Crippen LogP contribution in [0.4, 0.5) is 17.1 Å². The molecule has 102 heavy (non-hydrogen) atoms. The predicted octanol–water partition coefficient (Wildman–Crippen LogP) is 24.5. The minimum absolute atomic E-state index is 0.312. The van der Waals surface area contributed by atoms with Crippen LogP contribution in [-0.2, 0) is 15.9 Å². The zero-order chi connectivity index (χ0) is 68.5. The van der Waals surface area contributed by atoms with Crippen LogP contribution >= 0.6 is 0 Å². The van der Waals surface area contributed by atoms with Crippen molar-refractivity contribution in [3.05, 3.63) is 381 Å². The molecule has 0 bridgehead atoms. The van der Waals surface area contributed by atoms with E-state index in [2.05, 4.69) is 377 Å². The lowest BCUT2D eigenvalue weighted by Gasteiger charge is -2.38. The Kier molecular flexibility index (Phi) is 16.9. The van der Waals surface area contributed by atoms with Gasteiger partial charge in [-0.2, -0.15) is 0 Å². The van der Waals surface area contributed by atoms with E-state index in [-0.39, 0.29) is 0 Å². The predicted molar refractivity (Wildman–Crippen MR) is 429 cm³/mol. The first-order chi connectivity index (χ1) is 50.4. The van der Waals surface area contributed by atoms with Crippen LogP contribution < -0.4 is 4.90 Å². The van der Waals surface area contributed by atoms with Gasteiger partial charge in [0.1, 0.15) is 6.10 Å². The maximum Gasteiger partial charge on any atom is 0.106 e. The third-order valence-electron chi connectivity index (χ3n) is 20.0. The Balaban J connectivity index is 0.000000103. The molecule has 1 atom stereocenters. The van der Waals surface area contributed by atoms with E-state index in [1.54, 1.807) is 0 Å². The highest BCUT2D eigenvalue weighted by Gasteiger charge is 2.33. The van der Waals surface area contributed by atoms with Gasteiger partial charge in [-0.25, -0.2) is 0 Å². The van der Waals surface area contributed by atoms with Crippen molar-refractivity contribution >= 4 is 116 Å². The minimum Gasteiger partial charge on any atom is -0.380 e. The molecule has 18 aromatic rings. The number of ether oxygens (including phenoxy) is 2. The van der Waals surface area contributed by atoms with Crippen molar-refractivity contribution in [1.29, 1.82) is 0 Å². The average molecular weight is 1320 g/mol. The Morgan fingerprint density at radius 3 is 0.931 bits per heavy atom. The molecule has 2 aliphatic rings. The molecule has 7 heteroatoms. The smallest absolute Gasteiger partial charge is 0.106 e. The van der Waals surface area contributed by atoms with Crippen molar-refractivity contribution in [3.63, 3.8) is 0 Å². The number of anilines is 3. The molecule has 20 rings (SSSR count). The Hall–Kier alpha value is -12.5. The topological polar surface area (TPSA) is 44.7 Å². The quantitative estimate of drug-likeness (QED) is 0.115. The fraction of sp³-hybridized carbons (Fsp3) is 0.0737. The van der Waals surface area contributed by atoms with Crippen molar-refractivity contribution < 1.29 is 9.47 Å². The summed E-state index contributed by atoms with van der Waals surface area (Å²) in [7, 11) is 0. The number of para-hydroxylation sites is 10. The van der Waals surface area contributed by atoms with E-state index in [0.29, 0.717) is 11.5 Å². The first-order valence-electron chi connectivity index (χ1n) is 35.1. The number of aromatic nitrogens is 4. The van der Waals surface area contributed by atoms with Crippen LogP contribution in [0.15, 0.2) is 359 Å². The molecule has 2 aliphatic heterocycles. The first-order valence-corrected chi connectivity index (χ1v) is 35.1. The third kappa shape index (κ3) is 12.0. The molecule has 7 nitrogen and oxygen atoms in total. The van der Waals surface area contributed by atoms with Crippen LogP contribution in [-0.4, -0.2) is 38.1 Å². The second-order valence-electron chi connectivity index (χ2n) is 26.8. The van der Waals surface area contributed by atoms with Crippen LogP contribution in [0.5, 0.6) is 0 Å². The zero-order valence-electron chi connectivity index (χ0n) is 56.9. The molecular weight excluding hydrogens is 1240 g/mol. The lowest BCUT2D eigenvalue weighted by Crippen LogP contribution is -2.41. The van der Waals surface area contributed by atoms with Gasteiger partial charge in [-0.1, -0.05) is 251 Å². The second kappa shape index (κ2) is 27.3. The lowest BCUT2D eigenvalue weighted by atomic mass is 9.82. The summed E-state index contributed by atoms with van der Waals surface area (Å²) in [5, 5.41) is 10.3. The summed E-state index contributed by atoms with van der Waals surface area (Å²) < 4.78 is 20.2. The standard InChI is InChI=1S/C32H22N2.C23H21NO.C20H15NO.C20H17N/c1-2-22-19-23(33-29-15-7-3-11-25(29)26-12-4-8-16-30(26)33)21-24(20-22)34-31-17-9-5-13-27(31)28-14-6-10-18-32(28)34;1-23(15-25-16-23)14-17-10-12-18(13-11-17)24-21-8-4-2-6-19(21)20-7-3-5-9-22(20)24;1-3-7-18-16(5-1)17-6-2-4-8-19(17)21(18)15-11-9-14(10-12-15)20-13-22-20;1-2-17-13-15-20(16-14-17)21(18-9-5-3-6-10-18)19-11-7-4-8-12-19/h2-21H,1H2;2-13H,14-16H2,1H3;1-12,20H,13H2;2-16H,1H2. The second-order valence-corrected chi connectivity index (χ2v) is 26.8. The van der Waals surface area contributed by atoms with E-state index in [1.807, 2.05) is 24.3 Å². The van der Waals surface area contributed by atoms with Gasteiger partial charge in [0, 0.05) is 88.3 Å². The summed E-state index contributed by atoms with van der Waals surface area (Å²) >= 11 is 0. The Labute approximate surface area is 594 Å². The summed E-state index contributed by atoms with van der Waals surface area (Å²) in [6, 6.07) is 123. The number of hydrogen-bond acceptors (Lipinski definition) is 3. The number of fused-ring (bicyclic) bond motifs is 12. The monoisotopic (exact) mass is 1320 g/mol. The van der Waals surface area contributed by atoms with Gasteiger partial charge in [0.05, 0.1) is 64.0 Å². The van der Waals surface area contributed by atoms with Gasteiger partial charge in [-0.15, -0.1) is 0 Å². The lowest BCUT2D eigenvalue weighted by molar-refractivity contribution is -0.100. The van der Waals surface area contributed by atoms with E-state index in [4.69, 9.17) is 9.47 Å². The molecule has 492 valence electrons. The largest absolute Gasteiger partial charge is 0.380 e. The minimum atomic E-state index is 0.312. The SMILES string of the molecule is C=Cc1cc(-n2c3ccccc3c3ccccc32)cc(-n2c3ccccc3c3ccccc32)c1.C=Cc1ccc(N(c2ccccc2)c2ccccc2)cc1.CC1(Cc2ccc(-n3c4ccccc4c4ccccc43)cc2)COC1.c1ccc2c(c1)c1ccccc1n2-c1ccc(C2CO2)cc1. The van der Waals surface area contributed by atoms with Crippen LogP contribution in [0.1, 0.15) is 35.3 Å². The van der Waals surface area contributed by atoms with E-state index >= 15 is 0 Å². The maximum absolute atomic E-state index is 5.38. The van der Waals surface area contributed by atoms with Crippen molar-refractivity contribution in [2.24, 2.45) is 5.41 Å². The molecule has 2 fully saturated rings. The van der Waals surface area contributed by atoms with Gasteiger partial charge in [0.15, 0.2) is 0 Å². The molecule has 0 N–H and O–H groups in total. The first kappa shape index (κ1) is 63.0. The molecule has 0 spiro atoms. The zero-order valence-corrected chi connectivity index (χ0v) is 56.9. The van der Waals surface area contributed by atoms with Gasteiger partial charge >= 0.3 is 0 Å². The fourth-order valence-electron chi connectivity index (χ4n) is 15.0. The summed E-state index contributed by atoms with van der Waals surface area (Å²) in [6.45, 7) is 12.8. The molecule has 0 amide bonds. The van der Waals surface area contributed by atoms with Gasteiger partial charge in [-0.05, 0) is 156 Å². The highest BCUT2D eigenvalue weighted by molar-refractivity contribution is 6.12. The van der Waals surface area contributed by atoms with E-state index in [0.717, 1.165) is 65.8 Å². The van der Waals surface area contributed by atoms with E-state index in [1.165, 1.54) is 110 Å². The highest BCUT2D eigenvalue weighted by Crippen LogP contribution is 2.40. The fourth-order valence-corrected chi connectivity index (χ4v) is 15.0. The maximum atomic E-state index is 5.38. The Morgan fingerprint density at radius 2 is 0.627 bits per heavy atom. The average Bonchev–Trinajstić information content (AvgIpc) is 1.60. The normalized spacial score (nSPS) is 13.6. The highest BCUT2D eigenvalue weighted by atomic mass is 16.6. The summed E-state index contributed by atoms with van der Waals surface area (Å²) in [5.74, 6) is 0. The molecule has 0 saturated carbocycles. The van der Waals surface area contributed by atoms with Crippen LogP contribution in [0.3, 0.4) is 0 Å². The third-order valence-corrected chi connectivity index (χ3v) is 20.0. The summed E-state index contributed by atoms with van der Waals surface area (Å²) in [5.41, 5.74) is 23.1. The molecule has 14 aromatic carbocycles. The number of hydrogen-bond donors (Lipinski definition) is 0. The summed E-state index contributed by atoms with van der Waals surface area (Å²) in [4.78, 5) is 2.24. The summed E-state index contributed by atoms with van der Waals surface area (Å²) in [6.07, 6.45) is 5.20. The molecule has 0 aliphatic carbocycles. The van der Waals surface area contributed by atoms with Crippen LogP contribution in [0.25, 0.3) is 122 Å². The number of epoxide rings is 1. The van der Waals surface area contributed by atoms with E-state index < -0.39 is 0 Å². The molecule has 2 saturated heterocycles. The molecule has 0 radical (unpaired) electrons. The van der Waals surface area contributed by atoms with Crippen molar-refractivity contribution in [3.8, 4) is 22.7 Å². The number of benzene rings is 14. The van der Waals surface area contributed by atoms with Gasteiger partial charge in [-0.3, -0.25) is 0 Å². The van der Waals surface area contributed by atoms with Crippen molar-refractivity contribution in [2.45, 2.75) is 19.4 Å².